The van der Waals surface area contributed by atoms with Gasteiger partial charge in [0.15, 0.2) is 0 Å². The van der Waals surface area contributed by atoms with Crippen molar-refractivity contribution < 1.29 is 19.2 Å². The number of amides is 2. The molecule has 23 heavy (non-hydrogen) atoms. The zero-order valence-corrected chi connectivity index (χ0v) is 14.4. The third-order valence-corrected chi connectivity index (χ3v) is 3.72. The van der Waals surface area contributed by atoms with Crippen LogP contribution in [0, 0.1) is 0 Å². The van der Waals surface area contributed by atoms with Crippen molar-refractivity contribution >= 4 is 12.0 Å². The smallest absolute Gasteiger partial charge is 0.410 e. The van der Waals surface area contributed by atoms with Crippen molar-refractivity contribution in [1.29, 1.82) is 0 Å². The van der Waals surface area contributed by atoms with Gasteiger partial charge in [-0.2, -0.15) is 0 Å². The van der Waals surface area contributed by atoms with Crippen molar-refractivity contribution in [2.75, 3.05) is 20.7 Å². The first-order valence-electron chi connectivity index (χ1n) is 7.64. The second kappa shape index (κ2) is 6.58. The van der Waals surface area contributed by atoms with Crippen molar-refractivity contribution in [1.82, 2.24) is 9.96 Å². The molecule has 0 saturated carbocycles. The molecule has 1 aromatic rings. The Morgan fingerprint density at radius 3 is 2.57 bits per heavy atom. The number of benzene rings is 1. The molecule has 0 aromatic heterocycles. The van der Waals surface area contributed by atoms with Gasteiger partial charge in [0.2, 0.25) is 0 Å². The molecule has 6 heteroatoms. The monoisotopic (exact) mass is 320 g/mol. The van der Waals surface area contributed by atoms with Gasteiger partial charge in [-0.05, 0) is 44.4 Å². The molecule has 0 aliphatic carbocycles. The summed E-state index contributed by atoms with van der Waals surface area (Å²) in [5, 5.41) is 1.18. The molecule has 0 bridgehead atoms. The largest absolute Gasteiger partial charge is 0.444 e. The van der Waals surface area contributed by atoms with Crippen molar-refractivity contribution in [2.45, 2.75) is 39.3 Å². The molecule has 0 fully saturated rings. The summed E-state index contributed by atoms with van der Waals surface area (Å²) in [6, 6.07) is 5.61. The Morgan fingerprint density at radius 2 is 1.96 bits per heavy atom. The summed E-state index contributed by atoms with van der Waals surface area (Å²) < 4.78 is 5.43. The highest BCUT2D eigenvalue weighted by molar-refractivity contribution is 5.95. The molecule has 1 aromatic carbocycles. The zero-order valence-electron chi connectivity index (χ0n) is 14.4. The van der Waals surface area contributed by atoms with Crippen LogP contribution in [0.5, 0.6) is 0 Å². The minimum Gasteiger partial charge on any atom is -0.444 e. The number of hydrogen-bond acceptors (Lipinski definition) is 4. The molecule has 2 rings (SSSR count). The Balaban J connectivity index is 2.25. The van der Waals surface area contributed by atoms with Crippen LogP contribution in [0.15, 0.2) is 18.2 Å². The summed E-state index contributed by atoms with van der Waals surface area (Å²) >= 11 is 0. The standard InChI is InChI=1S/C17H24N2O4/c1-17(2,3)23-16(21)19-10-9-12-7-6-8-13(14(12)11-19)15(20)18(4)22-5/h6-8H,9-11H2,1-5H3. The molecular formula is C17H24N2O4. The van der Waals surface area contributed by atoms with E-state index in [0.717, 1.165) is 11.1 Å². The Kier molecular flexibility index (Phi) is 4.94. The number of fused-ring (bicyclic) bond motifs is 1. The topological polar surface area (TPSA) is 59.1 Å². The predicted octanol–water partition coefficient (Wildman–Crippen LogP) is 2.61. The third kappa shape index (κ3) is 4.01. The van der Waals surface area contributed by atoms with E-state index in [2.05, 4.69) is 0 Å². The van der Waals surface area contributed by atoms with Gasteiger partial charge in [0, 0.05) is 19.2 Å². The van der Waals surface area contributed by atoms with E-state index in [4.69, 9.17) is 9.57 Å². The van der Waals surface area contributed by atoms with E-state index in [1.807, 2.05) is 32.9 Å². The van der Waals surface area contributed by atoms with E-state index in [-0.39, 0.29) is 12.0 Å². The van der Waals surface area contributed by atoms with Gasteiger partial charge >= 0.3 is 6.09 Å². The highest BCUT2D eigenvalue weighted by atomic mass is 16.7. The maximum absolute atomic E-state index is 12.4. The number of carbonyl (C=O) groups excluding carboxylic acids is 2. The fraction of sp³-hybridized carbons (Fsp3) is 0.529. The molecule has 1 heterocycles. The van der Waals surface area contributed by atoms with Crippen LogP contribution in [0.1, 0.15) is 42.3 Å². The van der Waals surface area contributed by atoms with Gasteiger partial charge in [0.05, 0.1) is 13.7 Å². The summed E-state index contributed by atoms with van der Waals surface area (Å²) in [5.41, 5.74) is 1.96. The molecule has 0 spiro atoms. The normalized spacial score (nSPS) is 14.2. The molecule has 0 radical (unpaired) electrons. The predicted molar refractivity (Wildman–Crippen MR) is 85.9 cm³/mol. The molecule has 0 saturated heterocycles. The number of hydrogen-bond donors (Lipinski definition) is 0. The lowest BCUT2D eigenvalue weighted by molar-refractivity contribution is -0.0758. The Morgan fingerprint density at radius 1 is 1.26 bits per heavy atom. The molecule has 6 nitrogen and oxygen atoms in total. The maximum Gasteiger partial charge on any atom is 0.410 e. The minimum atomic E-state index is -0.539. The number of ether oxygens (including phenoxy) is 1. The first-order chi connectivity index (χ1) is 10.7. The quantitative estimate of drug-likeness (QED) is 0.786. The summed E-state index contributed by atoms with van der Waals surface area (Å²) in [4.78, 5) is 31.3. The lowest BCUT2D eigenvalue weighted by Gasteiger charge is -2.32. The van der Waals surface area contributed by atoms with Crippen molar-refractivity contribution in [3.8, 4) is 0 Å². The first kappa shape index (κ1) is 17.3. The summed E-state index contributed by atoms with van der Waals surface area (Å²) in [5.74, 6) is -0.226. The lowest BCUT2D eigenvalue weighted by atomic mass is 9.94. The summed E-state index contributed by atoms with van der Waals surface area (Å²) in [7, 11) is 3.01. The number of carbonyl (C=O) groups is 2. The fourth-order valence-electron chi connectivity index (χ4n) is 2.52. The minimum absolute atomic E-state index is 0.226. The fourth-order valence-corrected chi connectivity index (χ4v) is 2.52. The van der Waals surface area contributed by atoms with Gasteiger partial charge in [0.1, 0.15) is 5.60 Å². The maximum atomic E-state index is 12.4. The van der Waals surface area contributed by atoms with Crippen LogP contribution in [-0.2, 0) is 22.5 Å². The van der Waals surface area contributed by atoms with Gasteiger partial charge in [-0.3, -0.25) is 9.63 Å². The first-order valence-corrected chi connectivity index (χ1v) is 7.64. The van der Waals surface area contributed by atoms with Crippen LogP contribution in [0.25, 0.3) is 0 Å². The van der Waals surface area contributed by atoms with Gasteiger partial charge < -0.3 is 9.64 Å². The van der Waals surface area contributed by atoms with Crippen LogP contribution in [0.2, 0.25) is 0 Å². The second-order valence-corrected chi connectivity index (χ2v) is 6.58. The van der Waals surface area contributed by atoms with Gasteiger partial charge in [0.25, 0.3) is 5.91 Å². The SMILES string of the molecule is CON(C)C(=O)c1cccc2c1CN(C(=O)OC(C)(C)C)CC2. The van der Waals surface area contributed by atoms with Crippen LogP contribution < -0.4 is 0 Å². The molecule has 2 amide bonds. The highest BCUT2D eigenvalue weighted by Crippen LogP contribution is 2.25. The van der Waals surface area contributed by atoms with Crippen LogP contribution in [0.4, 0.5) is 4.79 Å². The Labute approximate surface area is 136 Å². The summed E-state index contributed by atoms with van der Waals surface area (Å²) in [6.45, 7) is 6.46. The molecule has 0 atom stereocenters. The van der Waals surface area contributed by atoms with E-state index in [1.165, 1.54) is 12.2 Å². The molecule has 1 aliphatic rings. The van der Waals surface area contributed by atoms with Crippen LogP contribution >= 0.6 is 0 Å². The van der Waals surface area contributed by atoms with Gasteiger partial charge in [-0.1, -0.05) is 12.1 Å². The number of hydroxylamine groups is 2. The van der Waals surface area contributed by atoms with Crippen LogP contribution in [0.3, 0.4) is 0 Å². The van der Waals surface area contributed by atoms with Crippen LogP contribution in [-0.4, -0.2) is 48.3 Å². The Bertz CT molecular complexity index is 607. The van der Waals surface area contributed by atoms with E-state index < -0.39 is 5.60 Å². The lowest BCUT2D eigenvalue weighted by Crippen LogP contribution is -2.40. The average Bonchev–Trinajstić information content (AvgIpc) is 2.50. The highest BCUT2D eigenvalue weighted by Gasteiger charge is 2.28. The molecule has 126 valence electrons. The van der Waals surface area contributed by atoms with Gasteiger partial charge in [-0.25, -0.2) is 9.86 Å². The zero-order chi connectivity index (χ0) is 17.2. The van der Waals surface area contributed by atoms with Crippen molar-refractivity contribution in [3.63, 3.8) is 0 Å². The van der Waals surface area contributed by atoms with E-state index in [1.54, 1.807) is 18.0 Å². The Hall–Kier alpha value is -2.08. The van der Waals surface area contributed by atoms with E-state index >= 15 is 0 Å². The number of nitrogens with zero attached hydrogens (tertiary/aromatic N) is 2. The molecule has 0 N–H and O–H groups in total. The molecule has 0 unspecified atom stereocenters. The third-order valence-electron chi connectivity index (χ3n) is 3.72. The second-order valence-electron chi connectivity index (χ2n) is 6.58. The van der Waals surface area contributed by atoms with E-state index in [0.29, 0.717) is 25.1 Å². The van der Waals surface area contributed by atoms with Gasteiger partial charge in [-0.15, -0.1) is 0 Å². The van der Waals surface area contributed by atoms with E-state index in [9.17, 15) is 9.59 Å². The summed E-state index contributed by atoms with van der Waals surface area (Å²) in [6.07, 6.45) is 0.345. The van der Waals surface area contributed by atoms with Crippen molar-refractivity contribution in [3.05, 3.63) is 34.9 Å². The number of rotatable bonds is 2. The average molecular weight is 320 g/mol. The molecule has 1 aliphatic heterocycles. The van der Waals surface area contributed by atoms with Crippen molar-refractivity contribution in [2.24, 2.45) is 0 Å². The molecular weight excluding hydrogens is 296 g/mol.